The van der Waals surface area contributed by atoms with Gasteiger partial charge in [-0.1, -0.05) is 0 Å². The molecular weight excluding hydrogens is 194 g/mol. The Kier molecular flexibility index (Phi) is 2.29. The summed E-state index contributed by atoms with van der Waals surface area (Å²) < 4.78 is 1.61. The van der Waals surface area contributed by atoms with E-state index in [9.17, 15) is 4.79 Å². The van der Waals surface area contributed by atoms with Crippen molar-refractivity contribution < 1.29 is 9.90 Å². The van der Waals surface area contributed by atoms with Gasteiger partial charge in [-0.2, -0.15) is 0 Å². The highest BCUT2D eigenvalue weighted by molar-refractivity contribution is 5.84. The van der Waals surface area contributed by atoms with Crippen LogP contribution in [0.1, 0.15) is 17.5 Å². The van der Waals surface area contributed by atoms with Crippen LogP contribution in [0.3, 0.4) is 0 Å². The SMILES string of the molecule is CCn1cc(-c2ccc[nH]2)nc1C(=O)O. The van der Waals surface area contributed by atoms with Crippen molar-refractivity contribution in [2.75, 3.05) is 0 Å². The average Bonchev–Trinajstić information content (AvgIpc) is 2.86. The molecule has 15 heavy (non-hydrogen) atoms. The lowest BCUT2D eigenvalue weighted by atomic mass is 10.3. The van der Waals surface area contributed by atoms with E-state index in [-0.39, 0.29) is 5.82 Å². The Morgan fingerprint density at radius 1 is 1.67 bits per heavy atom. The lowest BCUT2D eigenvalue weighted by molar-refractivity contribution is 0.0678. The molecule has 78 valence electrons. The van der Waals surface area contributed by atoms with E-state index in [1.54, 1.807) is 17.0 Å². The van der Waals surface area contributed by atoms with Gasteiger partial charge in [0.15, 0.2) is 0 Å². The van der Waals surface area contributed by atoms with Crippen LogP contribution in [0, 0.1) is 0 Å². The normalized spacial score (nSPS) is 10.5. The Morgan fingerprint density at radius 3 is 2.93 bits per heavy atom. The minimum atomic E-state index is -1.00. The molecule has 0 spiro atoms. The maximum absolute atomic E-state index is 10.9. The van der Waals surface area contributed by atoms with Crippen molar-refractivity contribution in [3.63, 3.8) is 0 Å². The number of carbonyl (C=O) groups is 1. The number of hydrogen-bond acceptors (Lipinski definition) is 2. The Hall–Kier alpha value is -2.04. The molecule has 0 radical (unpaired) electrons. The molecule has 2 aromatic rings. The first-order chi connectivity index (χ1) is 7.22. The molecule has 0 unspecified atom stereocenters. The minimum absolute atomic E-state index is 0.0714. The Balaban J connectivity index is 2.48. The van der Waals surface area contributed by atoms with Crippen LogP contribution in [0.25, 0.3) is 11.4 Å². The Labute approximate surface area is 86.4 Å². The van der Waals surface area contributed by atoms with Crippen LogP contribution >= 0.6 is 0 Å². The van der Waals surface area contributed by atoms with Gasteiger partial charge in [0.25, 0.3) is 0 Å². The molecule has 2 N–H and O–H groups in total. The summed E-state index contributed by atoms with van der Waals surface area (Å²) >= 11 is 0. The van der Waals surface area contributed by atoms with Crippen LogP contribution in [0.15, 0.2) is 24.5 Å². The third-order valence-corrected chi connectivity index (χ3v) is 2.18. The summed E-state index contributed by atoms with van der Waals surface area (Å²) in [5.41, 5.74) is 1.48. The van der Waals surface area contributed by atoms with Crippen molar-refractivity contribution in [1.29, 1.82) is 0 Å². The minimum Gasteiger partial charge on any atom is -0.475 e. The van der Waals surface area contributed by atoms with Gasteiger partial charge >= 0.3 is 5.97 Å². The number of carboxylic acids is 1. The van der Waals surface area contributed by atoms with Gasteiger partial charge in [-0.05, 0) is 19.1 Å². The zero-order valence-electron chi connectivity index (χ0n) is 8.27. The molecular formula is C10H11N3O2. The van der Waals surface area contributed by atoms with E-state index in [1.165, 1.54) is 0 Å². The molecule has 2 aromatic heterocycles. The summed E-state index contributed by atoms with van der Waals surface area (Å²) in [5.74, 6) is -0.934. The maximum Gasteiger partial charge on any atom is 0.372 e. The molecule has 0 aliphatic heterocycles. The standard InChI is InChI=1S/C10H11N3O2/c1-2-13-6-8(7-4-3-5-11-7)12-9(13)10(14)15/h3-6,11H,2H2,1H3,(H,14,15). The van der Waals surface area contributed by atoms with Gasteiger partial charge in [0.2, 0.25) is 5.82 Å². The van der Waals surface area contributed by atoms with Crippen LogP contribution in [-0.4, -0.2) is 25.6 Å². The van der Waals surface area contributed by atoms with Gasteiger partial charge in [0.05, 0.1) is 5.69 Å². The second-order valence-corrected chi connectivity index (χ2v) is 3.12. The largest absolute Gasteiger partial charge is 0.475 e. The van der Waals surface area contributed by atoms with Crippen molar-refractivity contribution >= 4 is 5.97 Å². The number of rotatable bonds is 3. The van der Waals surface area contributed by atoms with Crippen molar-refractivity contribution in [2.24, 2.45) is 0 Å². The maximum atomic E-state index is 10.9. The Bertz CT molecular complexity index is 471. The topological polar surface area (TPSA) is 70.9 Å². The molecule has 0 aliphatic rings. The summed E-state index contributed by atoms with van der Waals surface area (Å²) in [6.07, 6.45) is 3.51. The molecule has 0 amide bonds. The lowest BCUT2D eigenvalue weighted by Crippen LogP contribution is -2.07. The molecule has 0 saturated heterocycles. The van der Waals surface area contributed by atoms with Crippen molar-refractivity contribution in [3.05, 3.63) is 30.4 Å². The summed E-state index contributed by atoms with van der Waals surface area (Å²) in [6, 6.07) is 3.70. The Morgan fingerprint density at radius 2 is 2.47 bits per heavy atom. The monoisotopic (exact) mass is 205 g/mol. The van der Waals surface area contributed by atoms with E-state index >= 15 is 0 Å². The molecule has 5 heteroatoms. The molecule has 5 nitrogen and oxygen atoms in total. The molecule has 2 heterocycles. The van der Waals surface area contributed by atoms with Crippen LogP contribution in [-0.2, 0) is 6.54 Å². The second kappa shape index (κ2) is 3.61. The first-order valence-electron chi connectivity index (χ1n) is 4.66. The van der Waals surface area contributed by atoms with E-state index in [2.05, 4.69) is 9.97 Å². The predicted molar refractivity (Wildman–Crippen MR) is 54.6 cm³/mol. The van der Waals surface area contributed by atoms with E-state index in [0.717, 1.165) is 5.69 Å². The predicted octanol–water partition coefficient (Wildman–Crippen LogP) is 1.60. The van der Waals surface area contributed by atoms with Crippen molar-refractivity contribution in [3.8, 4) is 11.4 Å². The third kappa shape index (κ3) is 1.63. The van der Waals surface area contributed by atoms with Crippen molar-refractivity contribution in [2.45, 2.75) is 13.5 Å². The number of imidazole rings is 1. The third-order valence-electron chi connectivity index (χ3n) is 2.18. The highest BCUT2D eigenvalue weighted by Gasteiger charge is 2.14. The van der Waals surface area contributed by atoms with Crippen LogP contribution in [0.4, 0.5) is 0 Å². The van der Waals surface area contributed by atoms with E-state index in [1.807, 2.05) is 19.1 Å². The van der Waals surface area contributed by atoms with E-state index < -0.39 is 5.97 Å². The highest BCUT2D eigenvalue weighted by Crippen LogP contribution is 2.16. The van der Waals surface area contributed by atoms with Crippen LogP contribution < -0.4 is 0 Å². The number of aromatic amines is 1. The highest BCUT2D eigenvalue weighted by atomic mass is 16.4. The number of nitrogens with zero attached hydrogens (tertiary/aromatic N) is 2. The summed E-state index contributed by atoms with van der Waals surface area (Å²) in [5, 5.41) is 8.91. The van der Waals surface area contributed by atoms with Crippen LogP contribution in [0.5, 0.6) is 0 Å². The first kappa shape index (κ1) is 9.51. The molecule has 0 aliphatic carbocycles. The van der Waals surface area contributed by atoms with E-state index in [0.29, 0.717) is 12.2 Å². The van der Waals surface area contributed by atoms with Gasteiger partial charge in [-0.25, -0.2) is 9.78 Å². The number of nitrogens with one attached hydrogen (secondary N) is 1. The fraction of sp³-hybridized carbons (Fsp3) is 0.200. The van der Waals surface area contributed by atoms with Gasteiger partial charge < -0.3 is 14.7 Å². The summed E-state index contributed by atoms with van der Waals surface area (Å²) in [4.78, 5) is 17.9. The van der Waals surface area contributed by atoms with Crippen molar-refractivity contribution in [1.82, 2.24) is 14.5 Å². The molecule has 0 saturated carbocycles. The quantitative estimate of drug-likeness (QED) is 0.799. The van der Waals surface area contributed by atoms with Crippen LogP contribution in [0.2, 0.25) is 0 Å². The van der Waals surface area contributed by atoms with Gasteiger partial charge in [-0.15, -0.1) is 0 Å². The first-order valence-corrected chi connectivity index (χ1v) is 4.66. The smallest absolute Gasteiger partial charge is 0.372 e. The molecule has 0 aromatic carbocycles. The average molecular weight is 205 g/mol. The number of H-pyrrole nitrogens is 1. The van der Waals surface area contributed by atoms with Gasteiger partial charge in [-0.3, -0.25) is 0 Å². The number of aromatic nitrogens is 3. The van der Waals surface area contributed by atoms with Gasteiger partial charge in [0.1, 0.15) is 5.69 Å². The molecule has 2 rings (SSSR count). The lowest BCUT2D eigenvalue weighted by Gasteiger charge is -1.96. The zero-order chi connectivity index (χ0) is 10.8. The number of aromatic carboxylic acids is 1. The molecule has 0 bridgehead atoms. The fourth-order valence-electron chi connectivity index (χ4n) is 1.45. The second-order valence-electron chi connectivity index (χ2n) is 3.12. The summed E-state index contributed by atoms with van der Waals surface area (Å²) in [7, 11) is 0. The fourth-order valence-corrected chi connectivity index (χ4v) is 1.45. The summed E-state index contributed by atoms with van der Waals surface area (Å²) in [6.45, 7) is 2.47. The number of hydrogen-bond donors (Lipinski definition) is 2. The van der Waals surface area contributed by atoms with Gasteiger partial charge in [0, 0.05) is 18.9 Å². The number of aryl methyl sites for hydroxylation is 1. The molecule has 0 fully saturated rings. The molecule has 0 atom stereocenters. The zero-order valence-corrected chi connectivity index (χ0v) is 8.27. The number of carboxylic acid groups (broad SMARTS) is 1. The van der Waals surface area contributed by atoms with E-state index in [4.69, 9.17) is 5.11 Å².